The predicted molar refractivity (Wildman–Crippen MR) is 77.8 cm³/mol. The molecule has 0 amide bonds. The van der Waals surface area contributed by atoms with Crippen molar-refractivity contribution in [2.45, 2.75) is 38.3 Å². The van der Waals surface area contributed by atoms with Crippen molar-refractivity contribution in [3.8, 4) is 5.75 Å². The topological polar surface area (TPSA) is 38.8 Å². The highest BCUT2D eigenvalue weighted by Gasteiger charge is 2.27. The van der Waals surface area contributed by atoms with Crippen LogP contribution >= 0.6 is 0 Å². The first kappa shape index (κ1) is 14.9. The van der Waals surface area contributed by atoms with E-state index in [0.29, 0.717) is 6.04 Å². The zero-order valence-electron chi connectivity index (χ0n) is 12.5. The molecule has 1 aromatic carbocycles. The van der Waals surface area contributed by atoms with Crippen LogP contribution in [-0.4, -0.2) is 37.6 Å². The zero-order valence-corrected chi connectivity index (χ0v) is 12.5. The standard InChI is InChI=1S/C16H23NO3/c1-12(18)20-16(11-14-7-5-9-17(14)2)13-6-4-8-15(10-13)19-3/h4,6,8,10,14,16H,5,7,9,11H2,1-3H3/t14?,16-/m0/s1. The van der Waals surface area contributed by atoms with Crippen LogP contribution in [0.3, 0.4) is 0 Å². The van der Waals surface area contributed by atoms with Gasteiger partial charge in [0.05, 0.1) is 7.11 Å². The molecule has 1 aliphatic heterocycles. The lowest BCUT2D eigenvalue weighted by atomic mass is 10.00. The van der Waals surface area contributed by atoms with Gasteiger partial charge < -0.3 is 14.4 Å². The molecule has 20 heavy (non-hydrogen) atoms. The number of hydrogen-bond donors (Lipinski definition) is 0. The maximum atomic E-state index is 11.4. The van der Waals surface area contributed by atoms with Gasteiger partial charge in [0.15, 0.2) is 0 Å². The summed E-state index contributed by atoms with van der Waals surface area (Å²) in [7, 11) is 3.78. The fourth-order valence-corrected chi connectivity index (χ4v) is 2.82. The SMILES string of the molecule is COc1cccc([C@H](CC2CCCN2C)OC(C)=O)c1. The van der Waals surface area contributed by atoms with Crippen molar-refractivity contribution in [3.63, 3.8) is 0 Å². The minimum Gasteiger partial charge on any atom is -0.497 e. The number of nitrogens with zero attached hydrogens (tertiary/aromatic N) is 1. The maximum absolute atomic E-state index is 11.4. The lowest BCUT2D eigenvalue weighted by Gasteiger charge is -2.25. The quantitative estimate of drug-likeness (QED) is 0.776. The summed E-state index contributed by atoms with van der Waals surface area (Å²) in [6.45, 7) is 2.58. The normalized spacial score (nSPS) is 20.6. The first-order valence-corrected chi connectivity index (χ1v) is 7.11. The minimum atomic E-state index is -0.238. The molecule has 1 heterocycles. The third-order valence-electron chi connectivity index (χ3n) is 3.93. The van der Waals surface area contributed by atoms with Crippen LogP contribution in [-0.2, 0) is 9.53 Å². The van der Waals surface area contributed by atoms with E-state index in [0.717, 1.165) is 30.7 Å². The van der Waals surface area contributed by atoms with Crippen molar-refractivity contribution >= 4 is 5.97 Å². The van der Waals surface area contributed by atoms with E-state index in [1.165, 1.54) is 13.3 Å². The summed E-state index contributed by atoms with van der Waals surface area (Å²) in [6.07, 6.45) is 3.02. The van der Waals surface area contributed by atoms with Gasteiger partial charge in [0.25, 0.3) is 0 Å². The maximum Gasteiger partial charge on any atom is 0.303 e. The van der Waals surface area contributed by atoms with Crippen molar-refractivity contribution in [3.05, 3.63) is 29.8 Å². The molecule has 0 aliphatic carbocycles. The van der Waals surface area contributed by atoms with Crippen LogP contribution in [0.2, 0.25) is 0 Å². The van der Waals surface area contributed by atoms with Gasteiger partial charge in [0, 0.05) is 19.4 Å². The van der Waals surface area contributed by atoms with Crippen molar-refractivity contribution in [2.75, 3.05) is 20.7 Å². The van der Waals surface area contributed by atoms with Crippen LogP contribution in [0.15, 0.2) is 24.3 Å². The second kappa shape index (κ2) is 6.75. The summed E-state index contributed by atoms with van der Waals surface area (Å²) in [5.74, 6) is 0.554. The molecule has 1 aromatic rings. The van der Waals surface area contributed by atoms with E-state index < -0.39 is 0 Å². The number of hydrogen-bond acceptors (Lipinski definition) is 4. The molecule has 4 heteroatoms. The molecule has 0 aromatic heterocycles. The van der Waals surface area contributed by atoms with Crippen LogP contribution < -0.4 is 4.74 Å². The molecule has 110 valence electrons. The number of methoxy groups -OCH3 is 1. The summed E-state index contributed by atoms with van der Waals surface area (Å²) in [5.41, 5.74) is 1.000. The molecule has 0 saturated carbocycles. The van der Waals surface area contributed by atoms with Gasteiger partial charge in [-0.05, 0) is 44.1 Å². The lowest BCUT2D eigenvalue weighted by Crippen LogP contribution is -2.28. The van der Waals surface area contributed by atoms with Crippen LogP contribution in [0, 0.1) is 0 Å². The second-order valence-corrected chi connectivity index (χ2v) is 5.39. The first-order chi connectivity index (χ1) is 9.60. The Labute approximate surface area is 120 Å². The van der Waals surface area contributed by atoms with Crippen molar-refractivity contribution < 1.29 is 14.3 Å². The summed E-state index contributed by atoms with van der Waals surface area (Å²) in [5, 5.41) is 0. The van der Waals surface area contributed by atoms with E-state index in [1.54, 1.807) is 7.11 Å². The van der Waals surface area contributed by atoms with Crippen LogP contribution in [0.5, 0.6) is 5.75 Å². The van der Waals surface area contributed by atoms with Gasteiger partial charge in [-0.3, -0.25) is 4.79 Å². The van der Waals surface area contributed by atoms with E-state index in [-0.39, 0.29) is 12.1 Å². The van der Waals surface area contributed by atoms with Crippen molar-refractivity contribution in [1.29, 1.82) is 0 Å². The Bertz CT molecular complexity index is 461. The number of carbonyl (C=O) groups is 1. The van der Waals surface area contributed by atoms with Crippen molar-refractivity contribution in [1.82, 2.24) is 4.90 Å². The highest BCUT2D eigenvalue weighted by atomic mass is 16.5. The second-order valence-electron chi connectivity index (χ2n) is 5.39. The highest BCUT2D eigenvalue weighted by Crippen LogP contribution is 2.30. The predicted octanol–water partition coefficient (Wildman–Crippen LogP) is 2.78. The molecule has 1 saturated heterocycles. The molecule has 1 aliphatic rings. The fourth-order valence-electron chi connectivity index (χ4n) is 2.82. The Balaban J connectivity index is 2.15. The molecule has 0 spiro atoms. The highest BCUT2D eigenvalue weighted by molar-refractivity contribution is 5.66. The van der Waals surface area contributed by atoms with Gasteiger partial charge in [-0.15, -0.1) is 0 Å². The molecule has 0 N–H and O–H groups in total. The van der Waals surface area contributed by atoms with E-state index in [1.807, 2.05) is 24.3 Å². The van der Waals surface area contributed by atoms with E-state index in [9.17, 15) is 4.79 Å². The molecule has 2 rings (SSSR count). The number of ether oxygens (including phenoxy) is 2. The number of rotatable bonds is 5. The van der Waals surface area contributed by atoms with Crippen molar-refractivity contribution in [2.24, 2.45) is 0 Å². The zero-order chi connectivity index (χ0) is 14.5. The van der Waals surface area contributed by atoms with Gasteiger partial charge in [-0.1, -0.05) is 12.1 Å². The molecule has 1 fully saturated rings. The Kier molecular flexibility index (Phi) is 5.01. The number of carbonyl (C=O) groups excluding carboxylic acids is 1. The van der Waals surface area contributed by atoms with E-state index in [2.05, 4.69) is 11.9 Å². The van der Waals surface area contributed by atoms with E-state index in [4.69, 9.17) is 9.47 Å². The smallest absolute Gasteiger partial charge is 0.303 e. The molecule has 0 bridgehead atoms. The van der Waals surface area contributed by atoms with Crippen LogP contribution in [0.1, 0.15) is 37.9 Å². The Morgan fingerprint density at radius 3 is 2.90 bits per heavy atom. The summed E-state index contributed by atoms with van der Waals surface area (Å²) >= 11 is 0. The Hall–Kier alpha value is -1.55. The monoisotopic (exact) mass is 277 g/mol. The molecule has 2 atom stereocenters. The minimum absolute atomic E-state index is 0.201. The molecule has 4 nitrogen and oxygen atoms in total. The van der Waals surface area contributed by atoms with Gasteiger partial charge in [0.2, 0.25) is 0 Å². The third kappa shape index (κ3) is 3.73. The molecule has 0 radical (unpaired) electrons. The summed E-state index contributed by atoms with van der Waals surface area (Å²) in [4.78, 5) is 13.7. The Morgan fingerprint density at radius 2 is 2.30 bits per heavy atom. The molecular formula is C16H23NO3. The third-order valence-corrected chi connectivity index (χ3v) is 3.93. The van der Waals surface area contributed by atoms with Crippen LogP contribution in [0.25, 0.3) is 0 Å². The van der Waals surface area contributed by atoms with Gasteiger partial charge in [-0.25, -0.2) is 0 Å². The van der Waals surface area contributed by atoms with Gasteiger partial charge in [0.1, 0.15) is 11.9 Å². The first-order valence-electron chi connectivity index (χ1n) is 7.11. The van der Waals surface area contributed by atoms with Gasteiger partial charge >= 0.3 is 5.97 Å². The van der Waals surface area contributed by atoms with Crippen LogP contribution in [0.4, 0.5) is 0 Å². The Morgan fingerprint density at radius 1 is 1.50 bits per heavy atom. The number of likely N-dealkylation sites (tertiary alicyclic amines) is 1. The van der Waals surface area contributed by atoms with E-state index >= 15 is 0 Å². The fraction of sp³-hybridized carbons (Fsp3) is 0.562. The molecular weight excluding hydrogens is 254 g/mol. The number of esters is 1. The lowest BCUT2D eigenvalue weighted by molar-refractivity contribution is -0.147. The average Bonchev–Trinajstić information content (AvgIpc) is 2.83. The summed E-state index contributed by atoms with van der Waals surface area (Å²) < 4.78 is 10.8. The van der Waals surface area contributed by atoms with Gasteiger partial charge in [-0.2, -0.15) is 0 Å². The molecule has 1 unspecified atom stereocenters. The number of benzene rings is 1. The average molecular weight is 277 g/mol. The summed E-state index contributed by atoms with van der Waals surface area (Å²) in [6, 6.07) is 8.25. The largest absolute Gasteiger partial charge is 0.497 e.